The third-order valence-corrected chi connectivity index (χ3v) is 5.40. The van der Waals surface area contributed by atoms with E-state index in [9.17, 15) is 0 Å². The van der Waals surface area contributed by atoms with Crippen molar-refractivity contribution in [3.63, 3.8) is 0 Å². The highest BCUT2D eigenvalue weighted by Crippen LogP contribution is 2.27. The van der Waals surface area contributed by atoms with Crippen molar-refractivity contribution in [2.45, 2.75) is 65.3 Å². The van der Waals surface area contributed by atoms with Crippen molar-refractivity contribution in [1.29, 1.82) is 0 Å². The number of nitrogens with zero attached hydrogens (tertiary/aromatic N) is 5. The Hall–Kier alpha value is -3.20. The molecule has 0 saturated carbocycles. The van der Waals surface area contributed by atoms with E-state index in [-0.39, 0.29) is 12.2 Å². The Morgan fingerprint density at radius 2 is 1.73 bits per heavy atom. The third kappa shape index (κ3) is 6.64. The van der Waals surface area contributed by atoms with Gasteiger partial charge in [-0.15, -0.1) is 10.2 Å². The first kappa shape index (κ1) is 23.0. The molecule has 0 spiro atoms. The summed E-state index contributed by atoms with van der Waals surface area (Å²) in [6.07, 6.45) is 4.15. The molecule has 0 atom stereocenters. The van der Waals surface area contributed by atoms with Crippen LogP contribution in [-0.4, -0.2) is 61.8 Å². The summed E-state index contributed by atoms with van der Waals surface area (Å²) in [6.45, 7) is 11.1. The maximum Gasteiger partial charge on any atom is 0.206 e. The lowest BCUT2D eigenvalue weighted by Crippen LogP contribution is -2.38. The Labute approximate surface area is 194 Å². The molecule has 0 bridgehead atoms. The Kier molecular flexibility index (Phi) is 7.39. The smallest absolute Gasteiger partial charge is 0.206 e. The monoisotopic (exact) mass is 451 g/mol. The number of likely N-dealkylation sites (tertiary alicyclic amines) is 1. The van der Waals surface area contributed by atoms with Crippen molar-refractivity contribution >= 4 is 5.82 Å². The Morgan fingerprint density at radius 3 is 2.27 bits per heavy atom. The largest absolute Gasteiger partial charge is 0.491 e. The van der Waals surface area contributed by atoms with Crippen LogP contribution in [0.3, 0.4) is 0 Å². The summed E-state index contributed by atoms with van der Waals surface area (Å²) in [4.78, 5) is 6.99. The molecule has 0 unspecified atom stereocenters. The first-order valence-electron chi connectivity index (χ1n) is 11.6. The average molecular weight is 452 g/mol. The molecule has 2 N–H and O–H groups in total. The second kappa shape index (κ2) is 10.6. The van der Waals surface area contributed by atoms with Gasteiger partial charge in [0.25, 0.3) is 0 Å². The molecule has 1 aromatic carbocycles. The fourth-order valence-corrected chi connectivity index (χ4v) is 4.00. The molecule has 0 amide bonds. The van der Waals surface area contributed by atoms with Gasteiger partial charge in [0.05, 0.1) is 12.2 Å². The molecule has 2 aromatic heterocycles. The topological polar surface area (TPSA) is 101 Å². The average Bonchev–Trinajstić information content (AvgIpc) is 3.29. The van der Waals surface area contributed by atoms with E-state index in [2.05, 4.69) is 48.0 Å². The van der Waals surface area contributed by atoms with E-state index in [4.69, 9.17) is 9.47 Å². The zero-order chi connectivity index (χ0) is 23.2. The number of tetrazole rings is 1. The van der Waals surface area contributed by atoms with Crippen LogP contribution in [0.4, 0.5) is 5.82 Å². The molecule has 3 heterocycles. The van der Waals surface area contributed by atoms with Gasteiger partial charge in [0.2, 0.25) is 5.82 Å². The maximum atomic E-state index is 5.95. The molecular weight excluding hydrogens is 418 g/mol. The Morgan fingerprint density at radius 1 is 1.03 bits per heavy atom. The molecule has 176 valence electrons. The minimum absolute atomic E-state index is 0.129. The maximum absolute atomic E-state index is 5.95. The number of pyridine rings is 1. The van der Waals surface area contributed by atoms with Gasteiger partial charge >= 0.3 is 0 Å². The highest BCUT2D eigenvalue weighted by atomic mass is 16.5. The number of aromatic amines is 1. The van der Waals surface area contributed by atoms with Crippen LogP contribution in [0.25, 0.3) is 11.4 Å². The standard InChI is InChI=1S/C24H33N7O2/c1-16(2)32-21-11-18(12-22(13-21)33-17(3)4)15-31-9-7-20(8-10-31)26-23-6-5-19(14-25-23)24-27-29-30-28-24/h5-6,11-14,16-17,20H,7-10,15H2,1-4H3,(H,25,26)(H,27,28,29,30). The number of anilines is 1. The van der Waals surface area contributed by atoms with Gasteiger partial charge in [-0.25, -0.2) is 4.98 Å². The summed E-state index contributed by atoms with van der Waals surface area (Å²) in [5.74, 6) is 3.15. The minimum atomic E-state index is 0.129. The van der Waals surface area contributed by atoms with Crippen LogP contribution < -0.4 is 14.8 Å². The summed E-state index contributed by atoms with van der Waals surface area (Å²) < 4.78 is 11.9. The van der Waals surface area contributed by atoms with Crippen LogP contribution >= 0.6 is 0 Å². The quantitative estimate of drug-likeness (QED) is 0.505. The van der Waals surface area contributed by atoms with E-state index >= 15 is 0 Å². The molecule has 0 aliphatic carbocycles. The van der Waals surface area contributed by atoms with Gasteiger partial charge in [-0.1, -0.05) is 0 Å². The van der Waals surface area contributed by atoms with Crippen LogP contribution in [0.5, 0.6) is 11.5 Å². The van der Waals surface area contributed by atoms with Crippen molar-refractivity contribution < 1.29 is 9.47 Å². The lowest BCUT2D eigenvalue weighted by atomic mass is 10.0. The van der Waals surface area contributed by atoms with Gasteiger partial charge in [-0.3, -0.25) is 4.90 Å². The predicted octanol–water partition coefficient (Wildman–Crippen LogP) is 3.91. The number of H-pyrrole nitrogens is 1. The molecule has 1 aliphatic heterocycles. The number of piperidine rings is 1. The molecule has 3 aromatic rings. The molecule has 1 aliphatic rings. The number of hydrogen-bond donors (Lipinski definition) is 2. The first-order valence-corrected chi connectivity index (χ1v) is 11.6. The summed E-state index contributed by atoms with van der Waals surface area (Å²) in [5.41, 5.74) is 2.06. The molecule has 9 nitrogen and oxygen atoms in total. The van der Waals surface area contributed by atoms with Gasteiger partial charge in [0, 0.05) is 43.5 Å². The van der Waals surface area contributed by atoms with Crippen LogP contribution in [-0.2, 0) is 6.54 Å². The van der Waals surface area contributed by atoms with Crippen molar-refractivity contribution in [3.05, 3.63) is 42.1 Å². The van der Waals surface area contributed by atoms with Gasteiger partial charge < -0.3 is 14.8 Å². The third-order valence-electron chi connectivity index (χ3n) is 5.40. The van der Waals surface area contributed by atoms with Crippen LogP contribution in [0.2, 0.25) is 0 Å². The molecule has 9 heteroatoms. The Bertz CT molecular complexity index is 970. The van der Waals surface area contributed by atoms with Gasteiger partial charge in [0.1, 0.15) is 17.3 Å². The van der Waals surface area contributed by atoms with E-state index in [1.165, 1.54) is 5.56 Å². The molecule has 4 rings (SSSR count). The zero-order valence-electron chi connectivity index (χ0n) is 19.8. The predicted molar refractivity (Wildman–Crippen MR) is 127 cm³/mol. The number of ether oxygens (including phenoxy) is 2. The second-order valence-corrected chi connectivity index (χ2v) is 9.01. The molecule has 33 heavy (non-hydrogen) atoms. The van der Waals surface area contributed by atoms with Crippen molar-refractivity contribution in [1.82, 2.24) is 30.5 Å². The number of hydrogen-bond acceptors (Lipinski definition) is 8. The normalized spacial score (nSPS) is 15.2. The van der Waals surface area contributed by atoms with Gasteiger partial charge in [-0.05, 0) is 75.6 Å². The highest BCUT2D eigenvalue weighted by molar-refractivity contribution is 5.55. The molecular formula is C24H33N7O2. The zero-order valence-corrected chi connectivity index (χ0v) is 19.8. The summed E-state index contributed by atoms with van der Waals surface area (Å²) >= 11 is 0. The molecule has 1 fully saturated rings. The Balaban J connectivity index is 1.31. The van der Waals surface area contributed by atoms with E-state index in [1.807, 2.05) is 45.9 Å². The highest BCUT2D eigenvalue weighted by Gasteiger charge is 2.20. The summed E-state index contributed by atoms with van der Waals surface area (Å²) in [6, 6.07) is 10.6. The van der Waals surface area contributed by atoms with Gasteiger partial charge in [-0.2, -0.15) is 5.21 Å². The number of nitrogens with one attached hydrogen (secondary N) is 2. The molecule has 0 radical (unpaired) electrons. The first-order chi connectivity index (χ1) is 15.9. The second-order valence-electron chi connectivity index (χ2n) is 9.01. The number of aromatic nitrogens is 5. The van der Waals surface area contributed by atoms with E-state index in [0.29, 0.717) is 11.9 Å². The van der Waals surface area contributed by atoms with Crippen molar-refractivity contribution in [3.8, 4) is 22.9 Å². The SMILES string of the molecule is CC(C)Oc1cc(CN2CCC(Nc3ccc(-c4nn[nH]n4)cn3)CC2)cc(OC(C)C)c1. The van der Waals surface area contributed by atoms with Crippen molar-refractivity contribution in [2.24, 2.45) is 0 Å². The van der Waals surface area contributed by atoms with E-state index in [1.54, 1.807) is 6.20 Å². The lowest BCUT2D eigenvalue weighted by Gasteiger charge is -2.32. The lowest BCUT2D eigenvalue weighted by molar-refractivity contribution is 0.207. The van der Waals surface area contributed by atoms with Crippen LogP contribution in [0.1, 0.15) is 46.1 Å². The fourth-order valence-electron chi connectivity index (χ4n) is 4.00. The van der Waals surface area contributed by atoms with Crippen molar-refractivity contribution in [2.75, 3.05) is 18.4 Å². The van der Waals surface area contributed by atoms with Crippen LogP contribution in [0.15, 0.2) is 36.5 Å². The number of benzene rings is 1. The van der Waals surface area contributed by atoms with E-state index in [0.717, 1.165) is 55.4 Å². The minimum Gasteiger partial charge on any atom is -0.491 e. The van der Waals surface area contributed by atoms with E-state index < -0.39 is 0 Å². The number of rotatable bonds is 9. The summed E-state index contributed by atoms with van der Waals surface area (Å²) in [7, 11) is 0. The fraction of sp³-hybridized carbons (Fsp3) is 0.500. The van der Waals surface area contributed by atoms with Gasteiger partial charge in [0.15, 0.2) is 0 Å². The summed E-state index contributed by atoms with van der Waals surface area (Å²) in [5, 5.41) is 17.6. The molecule has 1 saturated heterocycles. The van der Waals surface area contributed by atoms with Crippen LogP contribution in [0, 0.1) is 0 Å².